The fraction of sp³-hybridized carbons (Fsp3) is 0.455. The van der Waals surface area contributed by atoms with E-state index in [1.165, 1.54) is 0 Å². The summed E-state index contributed by atoms with van der Waals surface area (Å²) in [6, 6.07) is 3.68. The second kappa shape index (κ2) is 4.49. The number of hydrogen-bond acceptors (Lipinski definition) is 4. The van der Waals surface area contributed by atoms with Gasteiger partial charge in [0.2, 0.25) is 5.88 Å². The number of aliphatic hydroxyl groups excluding tert-OH is 1. The molecule has 5 heteroatoms. The molecule has 0 amide bonds. The number of pyridine rings is 1. The highest BCUT2D eigenvalue weighted by molar-refractivity contribution is 5.71. The fourth-order valence-electron chi connectivity index (χ4n) is 1.50. The number of nitrogens with one attached hydrogen (secondary N) is 1. The van der Waals surface area contributed by atoms with Gasteiger partial charge in [-0.25, -0.2) is 4.98 Å². The average Bonchev–Trinajstić information content (AvgIpc) is 2.67. The van der Waals surface area contributed by atoms with Crippen LogP contribution in [0.5, 0.6) is 5.88 Å². The molecule has 0 radical (unpaired) electrons. The van der Waals surface area contributed by atoms with Crippen molar-refractivity contribution >= 4 is 11.2 Å². The van der Waals surface area contributed by atoms with E-state index in [1.54, 1.807) is 20.1 Å². The van der Waals surface area contributed by atoms with Crippen LogP contribution >= 0.6 is 0 Å². The van der Waals surface area contributed by atoms with Gasteiger partial charge in [0, 0.05) is 12.5 Å². The second-order valence-electron chi connectivity index (χ2n) is 3.80. The number of nitrogens with zero attached hydrogens (tertiary/aromatic N) is 2. The number of H-pyrrole nitrogens is 1. The van der Waals surface area contributed by atoms with Crippen LogP contribution in [0.1, 0.15) is 19.2 Å². The lowest BCUT2D eigenvalue weighted by atomic mass is 10.2. The summed E-state index contributed by atoms with van der Waals surface area (Å²) >= 11 is 0. The molecule has 1 atom stereocenters. The molecule has 2 heterocycles. The number of aliphatic hydroxyl groups is 1. The minimum absolute atomic E-state index is 0.310. The summed E-state index contributed by atoms with van der Waals surface area (Å²) in [5.74, 6) is 1.40. The highest BCUT2D eigenvalue weighted by Crippen LogP contribution is 2.14. The van der Waals surface area contributed by atoms with E-state index in [2.05, 4.69) is 15.0 Å². The Morgan fingerprint density at radius 1 is 1.44 bits per heavy atom. The zero-order valence-corrected chi connectivity index (χ0v) is 9.40. The summed E-state index contributed by atoms with van der Waals surface area (Å²) < 4.78 is 5.02. The zero-order valence-electron chi connectivity index (χ0n) is 9.40. The minimum Gasteiger partial charge on any atom is -0.481 e. The third-order valence-corrected chi connectivity index (χ3v) is 2.38. The van der Waals surface area contributed by atoms with Gasteiger partial charge in [-0.05, 0) is 19.4 Å². The van der Waals surface area contributed by atoms with Crippen LogP contribution in [0.4, 0.5) is 0 Å². The molecule has 0 aromatic carbocycles. The topological polar surface area (TPSA) is 71.0 Å². The quantitative estimate of drug-likeness (QED) is 0.815. The Labute approximate surface area is 93.5 Å². The maximum Gasteiger partial charge on any atom is 0.215 e. The van der Waals surface area contributed by atoms with Crippen molar-refractivity contribution in [2.75, 3.05) is 7.11 Å². The molecule has 1 unspecified atom stereocenters. The number of aromatic nitrogens is 3. The van der Waals surface area contributed by atoms with Crippen molar-refractivity contribution in [1.82, 2.24) is 15.0 Å². The second-order valence-corrected chi connectivity index (χ2v) is 3.80. The smallest absolute Gasteiger partial charge is 0.215 e. The molecule has 86 valence electrons. The van der Waals surface area contributed by atoms with E-state index in [0.29, 0.717) is 17.9 Å². The normalized spacial score (nSPS) is 12.9. The molecule has 0 bridgehead atoms. The highest BCUT2D eigenvalue weighted by Gasteiger charge is 2.06. The highest BCUT2D eigenvalue weighted by atomic mass is 16.5. The first-order valence-corrected chi connectivity index (χ1v) is 5.26. The molecular weight excluding hydrogens is 206 g/mol. The van der Waals surface area contributed by atoms with Crippen molar-refractivity contribution in [1.29, 1.82) is 0 Å². The molecule has 5 nitrogen and oxygen atoms in total. The number of ether oxygens (including phenoxy) is 1. The van der Waals surface area contributed by atoms with E-state index in [1.807, 2.05) is 6.07 Å². The number of imidazole rings is 1. The van der Waals surface area contributed by atoms with E-state index in [9.17, 15) is 5.11 Å². The van der Waals surface area contributed by atoms with E-state index in [-0.39, 0.29) is 6.10 Å². The van der Waals surface area contributed by atoms with Crippen LogP contribution < -0.4 is 4.74 Å². The Morgan fingerprint density at radius 3 is 2.94 bits per heavy atom. The Bertz CT molecular complexity index is 479. The van der Waals surface area contributed by atoms with Crippen LogP contribution in [0.25, 0.3) is 11.2 Å². The lowest BCUT2D eigenvalue weighted by molar-refractivity contribution is 0.184. The predicted molar refractivity (Wildman–Crippen MR) is 60.4 cm³/mol. The molecule has 0 spiro atoms. The average molecular weight is 221 g/mol. The monoisotopic (exact) mass is 221 g/mol. The first-order valence-electron chi connectivity index (χ1n) is 5.26. The molecule has 0 fully saturated rings. The van der Waals surface area contributed by atoms with E-state index in [0.717, 1.165) is 17.8 Å². The Kier molecular flexibility index (Phi) is 3.05. The van der Waals surface area contributed by atoms with Crippen LogP contribution in [-0.4, -0.2) is 33.3 Å². The molecule has 2 aromatic rings. The van der Waals surface area contributed by atoms with Crippen molar-refractivity contribution in [2.45, 2.75) is 25.9 Å². The molecule has 0 aliphatic heterocycles. The van der Waals surface area contributed by atoms with Gasteiger partial charge < -0.3 is 14.8 Å². The van der Waals surface area contributed by atoms with Gasteiger partial charge in [0.25, 0.3) is 0 Å². The molecule has 2 rings (SSSR count). The number of hydrogen-bond donors (Lipinski definition) is 2. The third-order valence-electron chi connectivity index (χ3n) is 2.38. The maximum atomic E-state index is 9.19. The van der Waals surface area contributed by atoms with Crippen molar-refractivity contribution in [2.24, 2.45) is 0 Å². The zero-order chi connectivity index (χ0) is 11.5. The summed E-state index contributed by atoms with van der Waals surface area (Å²) in [7, 11) is 1.58. The van der Waals surface area contributed by atoms with Gasteiger partial charge in [-0.1, -0.05) is 0 Å². The fourth-order valence-corrected chi connectivity index (χ4v) is 1.50. The van der Waals surface area contributed by atoms with Gasteiger partial charge in [0.1, 0.15) is 5.82 Å². The molecule has 0 aliphatic carbocycles. The van der Waals surface area contributed by atoms with Crippen LogP contribution in [0.15, 0.2) is 12.1 Å². The molecule has 2 N–H and O–H groups in total. The third kappa shape index (κ3) is 2.30. The van der Waals surface area contributed by atoms with Gasteiger partial charge >= 0.3 is 0 Å². The Hall–Kier alpha value is -1.62. The Morgan fingerprint density at radius 2 is 2.25 bits per heavy atom. The SMILES string of the molecule is COc1ccc2[nH]c(CCC(C)O)nc2n1. The van der Waals surface area contributed by atoms with Crippen LogP contribution in [0, 0.1) is 0 Å². The standard InChI is InChI=1S/C11H15N3O2/c1-7(15)3-5-9-12-8-4-6-10(16-2)14-11(8)13-9/h4,6-7,15H,3,5H2,1-2H3,(H,12,13,14). The lowest BCUT2D eigenvalue weighted by Crippen LogP contribution is -2.02. The summed E-state index contributed by atoms with van der Waals surface area (Å²) in [6.45, 7) is 1.77. The van der Waals surface area contributed by atoms with Crippen molar-refractivity contribution < 1.29 is 9.84 Å². The largest absolute Gasteiger partial charge is 0.481 e. The number of fused-ring (bicyclic) bond motifs is 1. The number of aromatic amines is 1. The molecule has 0 saturated carbocycles. The molecule has 0 aliphatic rings. The van der Waals surface area contributed by atoms with Gasteiger partial charge in [-0.15, -0.1) is 0 Å². The minimum atomic E-state index is -0.310. The van der Waals surface area contributed by atoms with Crippen LogP contribution in [0.2, 0.25) is 0 Å². The molecule has 2 aromatic heterocycles. The molecule has 16 heavy (non-hydrogen) atoms. The predicted octanol–water partition coefficient (Wildman–Crippen LogP) is 1.28. The Balaban J connectivity index is 2.22. The van der Waals surface area contributed by atoms with Gasteiger partial charge in [0.15, 0.2) is 5.65 Å². The van der Waals surface area contributed by atoms with Gasteiger partial charge in [-0.3, -0.25) is 0 Å². The van der Waals surface area contributed by atoms with Crippen LogP contribution in [-0.2, 0) is 6.42 Å². The van der Waals surface area contributed by atoms with Gasteiger partial charge in [-0.2, -0.15) is 4.98 Å². The number of methoxy groups -OCH3 is 1. The van der Waals surface area contributed by atoms with Gasteiger partial charge in [0.05, 0.1) is 18.7 Å². The number of aryl methyl sites for hydroxylation is 1. The van der Waals surface area contributed by atoms with E-state index in [4.69, 9.17) is 4.74 Å². The summed E-state index contributed by atoms with van der Waals surface area (Å²) in [5.41, 5.74) is 1.54. The summed E-state index contributed by atoms with van der Waals surface area (Å²) in [6.07, 6.45) is 1.10. The molecule has 0 saturated heterocycles. The maximum absolute atomic E-state index is 9.19. The number of rotatable bonds is 4. The van der Waals surface area contributed by atoms with Crippen molar-refractivity contribution in [3.63, 3.8) is 0 Å². The van der Waals surface area contributed by atoms with Crippen LogP contribution in [0.3, 0.4) is 0 Å². The first-order chi connectivity index (χ1) is 7.69. The van der Waals surface area contributed by atoms with E-state index >= 15 is 0 Å². The first kappa shape index (κ1) is 10.9. The van der Waals surface area contributed by atoms with Crippen molar-refractivity contribution in [3.05, 3.63) is 18.0 Å². The summed E-state index contributed by atoms with van der Waals surface area (Å²) in [5, 5.41) is 9.19. The lowest BCUT2D eigenvalue weighted by Gasteiger charge is -1.99. The molecular formula is C11H15N3O2. The van der Waals surface area contributed by atoms with E-state index < -0.39 is 0 Å². The van der Waals surface area contributed by atoms with Crippen molar-refractivity contribution in [3.8, 4) is 5.88 Å². The summed E-state index contributed by atoms with van der Waals surface area (Å²) in [4.78, 5) is 11.7.